The molecule has 158 valence electrons. The van der Waals surface area contributed by atoms with Crippen molar-refractivity contribution in [2.75, 3.05) is 33.4 Å². The standard InChI is InChI=1S/C20H31ClN4O2.HI/c1-19(2,3)25-17(26)13-23-18(22-4)24-14-20(8-10-27-11-9-20)15-6-5-7-16(21)12-15;/h5-7,12H,8-11,13-14H2,1-4H3,(H,25,26)(H2,22,23,24);1H. The molecule has 1 aliphatic rings. The molecule has 1 heterocycles. The van der Waals surface area contributed by atoms with Crippen LogP contribution in [0.15, 0.2) is 29.3 Å². The first-order valence-corrected chi connectivity index (χ1v) is 9.71. The molecule has 0 unspecified atom stereocenters. The van der Waals surface area contributed by atoms with Crippen LogP contribution in [-0.2, 0) is 14.9 Å². The number of halogens is 2. The van der Waals surface area contributed by atoms with Crippen molar-refractivity contribution in [3.05, 3.63) is 34.9 Å². The second-order valence-electron chi connectivity index (χ2n) is 7.98. The Kier molecular flexibility index (Phi) is 10.00. The topological polar surface area (TPSA) is 74.8 Å². The molecule has 0 radical (unpaired) electrons. The van der Waals surface area contributed by atoms with E-state index in [1.165, 1.54) is 5.56 Å². The summed E-state index contributed by atoms with van der Waals surface area (Å²) in [6.45, 7) is 8.16. The highest BCUT2D eigenvalue weighted by Gasteiger charge is 2.34. The molecule has 1 aliphatic heterocycles. The third-order valence-electron chi connectivity index (χ3n) is 4.64. The Morgan fingerprint density at radius 1 is 1.25 bits per heavy atom. The van der Waals surface area contributed by atoms with E-state index in [0.29, 0.717) is 25.7 Å². The lowest BCUT2D eigenvalue weighted by Crippen LogP contribution is -2.51. The monoisotopic (exact) mass is 522 g/mol. The lowest BCUT2D eigenvalue weighted by molar-refractivity contribution is -0.121. The third-order valence-corrected chi connectivity index (χ3v) is 4.87. The van der Waals surface area contributed by atoms with Crippen LogP contribution >= 0.6 is 35.6 Å². The summed E-state index contributed by atoms with van der Waals surface area (Å²) in [5.41, 5.74) is 0.870. The predicted molar refractivity (Wildman–Crippen MR) is 126 cm³/mol. The van der Waals surface area contributed by atoms with Gasteiger partial charge in [0.25, 0.3) is 0 Å². The highest BCUT2D eigenvalue weighted by Crippen LogP contribution is 2.35. The number of guanidine groups is 1. The van der Waals surface area contributed by atoms with Crippen LogP contribution in [0.3, 0.4) is 0 Å². The van der Waals surface area contributed by atoms with E-state index < -0.39 is 0 Å². The number of rotatable bonds is 5. The van der Waals surface area contributed by atoms with Gasteiger partial charge in [-0.2, -0.15) is 0 Å². The number of carbonyl (C=O) groups excluding carboxylic acids is 1. The summed E-state index contributed by atoms with van der Waals surface area (Å²) in [5.74, 6) is 0.535. The van der Waals surface area contributed by atoms with Crippen LogP contribution in [-0.4, -0.2) is 50.8 Å². The molecule has 0 saturated carbocycles. The van der Waals surface area contributed by atoms with Crippen molar-refractivity contribution >= 4 is 47.4 Å². The van der Waals surface area contributed by atoms with Crippen LogP contribution in [0.25, 0.3) is 0 Å². The van der Waals surface area contributed by atoms with Crippen LogP contribution in [0, 0.1) is 0 Å². The van der Waals surface area contributed by atoms with Crippen LogP contribution < -0.4 is 16.0 Å². The van der Waals surface area contributed by atoms with Gasteiger partial charge < -0.3 is 20.7 Å². The van der Waals surface area contributed by atoms with Gasteiger partial charge in [-0.3, -0.25) is 9.79 Å². The lowest BCUT2D eigenvalue weighted by atomic mass is 9.74. The molecule has 1 fully saturated rings. The SMILES string of the molecule is CN=C(NCC(=O)NC(C)(C)C)NCC1(c2cccc(Cl)c2)CCOCC1.I. The summed E-state index contributed by atoms with van der Waals surface area (Å²) in [6.07, 6.45) is 1.81. The summed E-state index contributed by atoms with van der Waals surface area (Å²) in [7, 11) is 1.70. The number of carbonyl (C=O) groups is 1. The van der Waals surface area contributed by atoms with E-state index in [4.69, 9.17) is 16.3 Å². The molecule has 8 heteroatoms. The Hall–Kier alpha value is -1.06. The Bertz CT molecular complexity index is 670. The number of hydrogen-bond acceptors (Lipinski definition) is 3. The second-order valence-corrected chi connectivity index (χ2v) is 8.42. The molecular formula is C20H32ClIN4O2. The molecule has 1 saturated heterocycles. The average molecular weight is 523 g/mol. The molecule has 1 amide bonds. The van der Waals surface area contributed by atoms with E-state index >= 15 is 0 Å². The smallest absolute Gasteiger partial charge is 0.239 e. The fourth-order valence-corrected chi connectivity index (χ4v) is 3.44. The van der Waals surface area contributed by atoms with Crippen molar-refractivity contribution in [1.82, 2.24) is 16.0 Å². The number of nitrogens with one attached hydrogen (secondary N) is 3. The summed E-state index contributed by atoms with van der Waals surface area (Å²) in [5, 5.41) is 10.1. The van der Waals surface area contributed by atoms with E-state index in [2.05, 4.69) is 27.0 Å². The van der Waals surface area contributed by atoms with Gasteiger partial charge in [0, 0.05) is 42.8 Å². The van der Waals surface area contributed by atoms with E-state index in [0.717, 1.165) is 17.9 Å². The highest BCUT2D eigenvalue weighted by atomic mass is 127. The predicted octanol–water partition coefficient (Wildman–Crippen LogP) is 3.09. The maximum Gasteiger partial charge on any atom is 0.239 e. The Morgan fingerprint density at radius 2 is 1.93 bits per heavy atom. The van der Waals surface area contributed by atoms with E-state index in [9.17, 15) is 4.79 Å². The van der Waals surface area contributed by atoms with Gasteiger partial charge in [0.15, 0.2) is 5.96 Å². The summed E-state index contributed by atoms with van der Waals surface area (Å²) in [6, 6.07) is 8.02. The first-order valence-electron chi connectivity index (χ1n) is 9.33. The van der Waals surface area contributed by atoms with Gasteiger partial charge in [-0.25, -0.2) is 0 Å². The van der Waals surface area contributed by atoms with Crippen molar-refractivity contribution in [2.45, 2.75) is 44.6 Å². The van der Waals surface area contributed by atoms with Crippen molar-refractivity contribution in [2.24, 2.45) is 4.99 Å². The molecule has 0 bridgehead atoms. The number of benzene rings is 1. The van der Waals surface area contributed by atoms with Crippen LogP contribution in [0.5, 0.6) is 0 Å². The largest absolute Gasteiger partial charge is 0.381 e. The van der Waals surface area contributed by atoms with Gasteiger partial charge in [0.05, 0.1) is 6.54 Å². The molecule has 0 aromatic heterocycles. The fraction of sp³-hybridized carbons (Fsp3) is 0.600. The number of nitrogens with zero attached hydrogens (tertiary/aromatic N) is 1. The highest BCUT2D eigenvalue weighted by molar-refractivity contribution is 14.0. The maximum absolute atomic E-state index is 12.0. The van der Waals surface area contributed by atoms with Crippen molar-refractivity contribution in [1.29, 1.82) is 0 Å². The zero-order chi connectivity index (χ0) is 19.9. The molecule has 0 aliphatic carbocycles. The van der Waals surface area contributed by atoms with Crippen molar-refractivity contribution < 1.29 is 9.53 Å². The van der Waals surface area contributed by atoms with E-state index in [-0.39, 0.29) is 47.4 Å². The molecule has 1 aromatic carbocycles. The van der Waals surface area contributed by atoms with Crippen LogP contribution in [0.2, 0.25) is 5.02 Å². The van der Waals surface area contributed by atoms with Gasteiger partial charge in [-0.1, -0.05) is 23.7 Å². The number of amides is 1. The summed E-state index contributed by atoms with van der Waals surface area (Å²) < 4.78 is 5.58. The van der Waals surface area contributed by atoms with Gasteiger partial charge >= 0.3 is 0 Å². The Balaban J connectivity index is 0.00000392. The zero-order valence-corrected chi connectivity index (χ0v) is 20.2. The second kappa shape index (κ2) is 11.2. The first-order chi connectivity index (χ1) is 12.7. The lowest BCUT2D eigenvalue weighted by Gasteiger charge is -2.38. The molecule has 2 rings (SSSR count). The fourth-order valence-electron chi connectivity index (χ4n) is 3.25. The Labute approximate surface area is 190 Å². The normalized spacial score (nSPS) is 16.7. The van der Waals surface area contributed by atoms with Crippen molar-refractivity contribution in [3.63, 3.8) is 0 Å². The average Bonchev–Trinajstić information content (AvgIpc) is 2.61. The Morgan fingerprint density at radius 3 is 2.50 bits per heavy atom. The van der Waals surface area contributed by atoms with Crippen LogP contribution in [0.4, 0.5) is 0 Å². The molecule has 0 atom stereocenters. The van der Waals surface area contributed by atoms with E-state index in [1.54, 1.807) is 7.05 Å². The molecular weight excluding hydrogens is 491 g/mol. The number of aliphatic imine (C=N–C) groups is 1. The minimum Gasteiger partial charge on any atom is -0.381 e. The van der Waals surface area contributed by atoms with Gasteiger partial charge in [-0.05, 0) is 51.3 Å². The summed E-state index contributed by atoms with van der Waals surface area (Å²) in [4.78, 5) is 16.3. The van der Waals surface area contributed by atoms with Crippen molar-refractivity contribution in [3.8, 4) is 0 Å². The van der Waals surface area contributed by atoms with Gasteiger partial charge in [-0.15, -0.1) is 24.0 Å². The number of hydrogen-bond donors (Lipinski definition) is 3. The molecule has 6 nitrogen and oxygen atoms in total. The maximum atomic E-state index is 12.0. The quantitative estimate of drug-likeness (QED) is 0.316. The minimum atomic E-state index is -0.256. The third kappa shape index (κ3) is 7.75. The molecule has 0 spiro atoms. The van der Waals surface area contributed by atoms with Gasteiger partial charge in [0.1, 0.15) is 0 Å². The first kappa shape index (κ1) is 25.0. The van der Waals surface area contributed by atoms with E-state index in [1.807, 2.05) is 39.0 Å². The van der Waals surface area contributed by atoms with Gasteiger partial charge in [0.2, 0.25) is 5.91 Å². The minimum absolute atomic E-state index is 0. The summed E-state index contributed by atoms with van der Waals surface area (Å²) >= 11 is 6.22. The molecule has 28 heavy (non-hydrogen) atoms. The number of ether oxygens (including phenoxy) is 1. The zero-order valence-electron chi connectivity index (χ0n) is 17.1. The van der Waals surface area contributed by atoms with Crippen LogP contribution in [0.1, 0.15) is 39.2 Å². The molecule has 3 N–H and O–H groups in total. The molecule has 1 aromatic rings.